The van der Waals surface area contributed by atoms with Crippen molar-refractivity contribution in [2.24, 2.45) is 0 Å². The summed E-state index contributed by atoms with van der Waals surface area (Å²) in [5, 5.41) is 3.44. The first-order chi connectivity index (χ1) is 13.7. The van der Waals surface area contributed by atoms with E-state index in [0.717, 1.165) is 56.3 Å². The zero-order valence-corrected chi connectivity index (χ0v) is 17.2. The molecule has 5 rings (SSSR count). The van der Waals surface area contributed by atoms with Crippen LogP contribution in [0.15, 0.2) is 53.9 Å². The summed E-state index contributed by atoms with van der Waals surface area (Å²) >= 11 is 1.77. The standard InChI is InChI=1S/C24H26N2OS/c1-18-25-23(17-28-18)24(21-5-3-2-4-6-21)10-12-26(13-11-24)16-19-7-8-22-20(15-19)9-14-27-22/h2-8,15,17H,9-14,16H2,1H3. The Morgan fingerprint density at radius 1 is 1.11 bits per heavy atom. The van der Waals surface area contributed by atoms with Gasteiger partial charge in [0.1, 0.15) is 5.75 Å². The molecule has 144 valence electrons. The van der Waals surface area contributed by atoms with Gasteiger partial charge in [-0.15, -0.1) is 11.3 Å². The van der Waals surface area contributed by atoms with Crippen molar-refractivity contribution in [3.05, 3.63) is 81.3 Å². The number of fused-ring (bicyclic) bond motifs is 1. The Morgan fingerprint density at radius 2 is 1.93 bits per heavy atom. The molecular formula is C24H26N2OS. The molecule has 28 heavy (non-hydrogen) atoms. The van der Waals surface area contributed by atoms with Crippen LogP contribution in [0.5, 0.6) is 5.75 Å². The van der Waals surface area contributed by atoms with E-state index in [1.54, 1.807) is 11.3 Å². The summed E-state index contributed by atoms with van der Waals surface area (Å²) < 4.78 is 5.65. The average Bonchev–Trinajstić information content (AvgIpc) is 3.38. The molecule has 0 saturated carbocycles. The molecule has 2 aliphatic rings. The van der Waals surface area contributed by atoms with Crippen molar-refractivity contribution in [1.82, 2.24) is 9.88 Å². The summed E-state index contributed by atoms with van der Waals surface area (Å²) in [6.45, 7) is 6.15. The van der Waals surface area contributed by atoms with Crippen molar-refractivity contribution in [2.75, 3.05) is 19.7 Å². The van der Waals surface area contributed by atoms with Crippen molar-refractivity contribution < 1.29 is 4.74 Å². The second kappa shape index (κ2) is 7.34. The maximum atomic E-state index is 5.65. The number of rotatable bonds is 4. The molecule has 0 amide bonds. The highest BCUT2D eigenvalue weighted by Gasteiger charge is 2.39. The molecule has 0 aliphatic carbocycles. The third kappa shape index (κ3) is 3.25. The van der Waals surface area contributed by atoms with Crippen LogP contribution in [-0.4, -0.2) is 29.6 Å². The maximum absolute atomic E-state index is 5.65. The molecule has 0 unspecified atom stereocenters. The van der Waals surface area contributed by atoms with E-state index in [4.69, 9.17) is 9.72 Å². The summed E-state index contributed by atoms with van der Waals surface area (Å²) in [6, 6.07) is 17.7. The molecule has 2 aromatic carbocycles. The van der Waals surface area contributed by atoms with Crippen LogP contribution < -0.4 is 4.74 Å². The van der Waals surface area contributed by atoms with Gasteiger partial charge in [-0.25, -0.2) is 4.98 Å². The molecule has 1 aromatic heterocycles. The highest BCUT2D eigenvalue weighted by molar-refractivity contribution is 7.09. The van der Waals surface area contributed by atoms with Gasteiger partial charge < -0.3 is 4.74 Å². The predicted octanol–water partition coefficient (Wildman–Crippen LogP) is 4.97. The summed E-state index contributed by atoms with van der Waals surface area (Å²) in [5.74, 6) is 1.07. The van der Waals surface area contributed by atoms with Crippen molar-refractivity contribution >= 4 is 11.3 Å². The van der Waals surface area contributed by atoms with Gasteiger partial charge in [0.2, 0.25) is 0 Å². The van der Waals surface area contributed by atoms with Gasteiger partial charge in [0.15, 0.2) is 0 Å². The third-order valence-electron chi connectivity index (χ3n) is 6.31. The Kier molecular flexibility index (Phi) is 4.69. The predicted molar refractivity (Wildman–Crippen MR) is 114 cm³/mol. The minimum atomic E-state index is 0.0499. The molecule has 0 spiro atoms. The molecule has 1 fully saturated rings. The largest absolute Gasteiger partial charge is 0.493 e. The first-order valence-electron chi connectivity index (χ1n) is 10.2. The lowest BCUT2D eigenvalue weighted by molar-refractivity contribution is 0.170. The van der Waals surface area contributed by atoms with Gasteiger partial charge in [0, 0.05) is 23.8 Å². The number of aromatic nitrogens is 1. The molecule has 3 heterocycles. The van der Waals surface area contributed by atoms with Crippen LogP contribution in [0.1, 0.15) is 40.2 Å². The molecule has 0 atom stereocenters. The minimum Gasteiger partial charge on any atom is -0.493 e. The topological polar surface area (TPSA) is 25.4 Å². The van der Waals surface area contributed by atoms with E-state index in [9.17, 15) is 0 Å². The first-order valence-corrected chi connectivity index (χ1v) is 11.1. The van der Waals surface area contributed by atoms with Crippen LogP contribution >= 0.6 is 11.3 Å². The lowest BCUT2D eigenvalue weighted by atomic mass is 9.70. The van der Waals surface area contributed by atoms with Gasteiger partial charge in [0.25, 0.3) is 0 Å². The van der Waals surface area contributed by atoms with Crippen molar-refractivity contribution in [3.63, 3.8) is 0 Å². The van der Waals surface area contributed by atoms with Crippen molar-refractivity contribution in [2.45, 2.75) is 38.1 Å². The average molecular weight is 391 g/mol. The van der Waals surface area contributed by atoms with E-state index < -0.39 is 0 Å². The number of nitrogens with zero attached hydrogens (tertiary/aromatic N) is 2. The quantitative estimate of drug-likeness (QED) is 0.629. The second-order valence-corrected chi connectivity index (χ2v) is 9.08. The molecule has 0 radical (unpaired) electrons. The molecule has 0 bridgehead atoms. The minimum absolute atomic E-state index is 0.0499. The number of hydrogen-bond donors (Lipinski definition) is 0. The van der Waals surface area contributed by atoms with E-state index in [1.165, 1.54) is 22.4 Å². The normalized spacial score (nSPS) is 18.6. The molecule has 4 heteroatoms. The molecule has 1 saturated heterocycles. The molecule has 0 N–H and O–H groups in total. The van der Waals surface area contributed by atoms with E-state index >= 15 is 0 Å². The van der Waals surface area contributed by atoms with E-state index in [1.807, 2.05) is 0 Å². The Bertz CT molecular complexity index is 958. The maximum Gasteiger partial charge on any atom is 0.122 e. The van der Waals surface area contributed by atoms with Crippen LogP contribution in [0, 0.1) is 6.92 Å². The van der Waals surface area contributed by atoms with E-state index in [0.29, 0.717) is 0 Å². The van der Waals surface area contributed by atoms with Crippen LogP contribution in [0.25, 0.3) is 0 Å². The number of thiazole rings is 1. The Labute approximate surface area is 171 Å². The number of ether oxygens (including phenoxy) is 1. The van der Waals surface area contributed by atoms with Crippen molar-refractivity contribution in [3.8, 4) is 5.75 Å². The molecular weight excluding hydrogens is 364 g/mol. The third-order valence-corrected chi connectivity index (χ3v) is 7.08. The van der Waals surface area contributed by atoms with E-state index in [2.05, 4.69) is 65.7 Å². The molecule has 2 aliphatic heterocycles. The van der Waals surface area contributed by atoms with Gasteiger partial charge in [-0.1, -0.05) is 42.5 Å². The number of hydrogen-bond acceptors (Lipinski definition) is 4. The molecule has 3 nitrogen and oxygen atoms in total. The highest BCUT2D eigenvalue weighted by Crippen LogP contribution is 2.42. The lowest BCUT2D eigenvalue weighted by Crippen LogP contribution is -2.43. The number of likely N-dealkylation sites (tertiary alicyclic amines) is 1. The zero-order chi connectivity index (χ0) is 19.0. The first kappa shape index (κ1) is 17.9. The Morgan fingerprint density at radius 3 is 2.68 bits per heavy atom. The fraction of sp³-hybridized carbons (Fsp3) is 0.375. The van der Waals surface area contributed by atoms with Gasteiger partial charge in [-0.2, -0.15) is 0 Å². The Balaban J connectivity index is 1.36. The number of piperidine rings is 1. The highest BCUT2D eigenvalue weighted by atomic mass is 32.1. The van der Waals surface area contributed by atoms with Gasteiger partial charge in [0.05, 0.1) is 17.3 Å². The number of benzene rings is 2. The smallest absolute Gasteiger partial charge is 0.122 e. The SMILES string of the molecule is Cc1nc(C2(c3ccccc3)CCN(Cc3ccc4c(c3)CCO4)CC2)cs1. The fourth-order valence-electron chi connectivity index (χ4n) is 4.72. The summed E-state index contributed by atoms with van der Waals surface area (Å²) in [7, 11) is 0. The monoisotopic (exact) mass is 390 g/mol. The summed E-state index contributed by atoms with van der Waals surface area (Å²) in [6.07, 6.45) is 3.28. The van der Waals surface area contributed by atoms with Crippen LogP contribution in [-0.2, 0) is 18.4 Å². The van der Waals surface area contributed by atoms with Crippen LogP contribution in [0.4, 0.5) is 0 Å². The van der Waals surface area contributed by atoms with Gasteiger partial charge in [-0.3, -0.25) is 4.90 Å². The van der Waals surface area contributed by atoms with Gasteiger partial charge >= 0.3 is 0 Å². The second-order valence-electron chi connectivity index (χ2n) is 8.02. The lowest BCUT2D eigenvalue weighted by Gasteiger charge is -2.41. The molecule has 3 aromatic rings. The van der Waals surface area contributed by atoms with Crippen molar-refractivity contribution in [1.29, 1.82) is 0 Å². The van der Waals surface area contributed by atoms with Crippen LogP contribution in [0.3, 0.4) is 0 Å². The fourth-order valence-corrected chi connectivity index (χ4v) is 5.43. The zero-order valence-electron chi connectivity index (χ0n) is 16.4. The Hall–Kier alpha value is -2.17. The van der Waals surface area contributed by atoms with E-state index in [-0.39, 0.29) is 5.41 Å². The van der Waals surface area contributed by atoms with Crippen LogP contribution in [0.2, 0.25) is 0 Å². The summed E-state index contributed by atoms with van der Waals surface area (Å²) in [4.78, 5) is 7.51. The number of aryl methyl sites for hydroxylation is 1. The van der Waals surface area contributed by atoms with Gasteiger partial charge in [-0.05, 0) is 55.6 Å². The summed E-state index contributed by atoms with van der Waals surface area (Å²) in [5.41, 5.74) is 5.49.